The first-order valence-electron chi connectivity index (χ1n) is 13.1. The van der Waals surface area contributed by atoms with Gasteiger partial charge in [-0.1, -0.05) is 60.5 Å². The lowest BCUT2D eigenvalue weighted by atomic mass is 9.67. The Bertz CT molecular complexity index is 1490. The lowest BCUT2D eigenvalue weighted by molar-refractivity contribution is -0.161. The summed E-state index contributed by atoms with van der Waals surface area (Å²) in [4.78, 5) is 28.2. The molecule has 1 amide bonds. The zero-order chi connectivity index (χ0) is 28.7. The maximum absolute atomic E-state index is 14.4. The Morgan fingerprint density at radius 2 is 1.82 bits per heavy atom. The summed E-state index contributed by atoms with van der Waals surface area (Å²) in [5.41, 5.74) is 0.517. The molecule has 0 unspecified atom stereocenters. The van der Waals surface area contributed by atoms with Crippen LogP contribution in [0.2, 0.25) is 10.0 Å². The largest absolute Gasteiger partial charge is 0.481 e. The van der Waals surface area contributed by atoms with E-state index in [0.29, 0.717) is 16.5 Å². The number of nitrogens with zero attached hydrogens (tertiary/aromatic N) is 1. The average molecular weight is 622 g/mol. The Kier molecular flexibility index (Phi) is 8.32. The first-order valence-corrected chi connectivity index (χ1v) is 16.2. The quantitative estimate of drug-likeness (QED) is 0.275. The van der Waals surface area contributed by atoms with Gasteiger partial charge < -0.3 is 10.0 Å². The van der Waals surface area contributed by atoms with E-state index in [4.69, 9.17) is 23.2 Å². The Hall–Kier alpha value is -2.43. The van der Waals surface area contributed by atoms with E-state index >= 15 is 0 Å². The van der Waals surface area contributed by atoms with Crippen LogP contribution in [-0.2, 0) is 19.6 Å². The van der Waals surface area contributed by atoms with E-state index in [9.17, 15) is 23.1 Å². The number of rotatable bonds is 10. The van der Waals surface area contributed by atoms with Crippen molar-refractivity contribution in [2.45, 2.75) is 54.8 Å². The van der Waals surface area contributed by atoms with Gasteiger partial charge in [0.25, 0.3) is 0 Å². The van der Waals surface area contributed by atoms with Crippen LogP contribution in [0.25, 0.3) is 0 Å². The van der Waals surface area contributed by atoms with Gasteiger partial charge in [-0.3, -0.25) is 9.59 Å². The lowest BCUT2D eigenvalue weighted by Gasteiger charge is -2.52. The first-order chi connectivity index (χ1) is 19.0. The van der Waals surface area contributed by atoms with Crippen LogP contribution in [0, 0.1) is 11.3 Å². The minimum Gasteiger partial charge on any atom is -0.481 e. The Balaban J connectivity index is 1.63. The molecule has 2 fully saturated rings. The number of carboxylic acids is 1. The van der Waals surface area contributed by atoms with Crippen molar-refractivity contribution < 1.29 is 23.1 Å². The lowest BCUT2D eigenvalue weighted by Crippen LogP contribution is -2.59. The average Bonchev–Trinajstić information content (AvgIpc) is 3.57. The van der Waals surface area contributed by atoms with Crippen LogP contribution in [0.1, 0.15) is 55.7 Å². The molecule has 2 heterocycles. The molecule has 212 valence electrons. The van der Waals surface area contributed by atoms with Crippen LogP contribution >= 0.6 is 34.5 Å². The van der Waals surface area contributed by atoms with E-state index in [0.717, 1.165) is 35.3 Å². The molecule has 7 nitrogen and oxygen atoms in total. The molecule has 0 bridgehead atoms. The van der Waals surface area contributed by atoms with E-state index in [2.05, 4.69) is 4.72 Å². The molecule has 0 radical (unpaired) electrons. The van der Waals surface area contributed by atoms with Crippen LogP contribution in [0.4, 0.5) is 0 Å². The number of amides is 1. The standard InChI is InChI=1S/C29H30Cl2N2O5S2/c1-29(16-25(34)35)15-23(20-4-2-5-22(31)14-20)27(19-9-11-21(30)12-10-19)33(28(29)36)24(18-7-8-18)17-32-40(37,38)26-6-3-13-39-26/h2-6,9-14,18,23-24,27,32H,7-8,15-17H2,1H3,(H,34,35)/t23-,24-,27-,29-/m1/s1. The molecule has 4 atom stereocenters. The van der Waals surface area contributed by atoms with E-state index in [1.165, 1.54) is 0 Å². The van der Waals surface area contributed by atoms with E-state index in [1.54, 1.807) is 47.5 Å². The maximum atomic E-state index is 14.4. The molecule has 2 N–H and O–H groups in total. The summed E-state index contributed by atoms with van der Waals surface area (Å²) in [6.45, 7) is 1.72. The van der Waals surface area contributed by atoms with Crippen molar-refractivity contribution in [3.05, 3.63) is 87.2 Å². The van der Waals surface area contributed by atoms with Gasteiger partial charge in [0.2, 0.25) is 15.9 Å². The van der Waals surface area contributed by atoms with Crippen LogP contribution < -0.4 is 4.72 Å². The summed E-state index contributed by atoms with van der Waals surface area (Å²) in [6.07, 6.45) is 1.64. The first kappa shape index (κ1) is 29.1. The molecular weight excluding hydrogens is 591 g/mol. The monoisotopic (exact) mass is 620 g/mol. The number of halogens is 2. The van der Waals surface area contributed by atoms with E-state index in [1.807, 2.05) is 30.3 Å². The maximum Gasteiger partial charge on any atom is 0.304 e. The highest BCUT2D eigenvalue weighted by atomic mass is 35.5. The van der Waals surface area contributed by atoms with Gasteiger partial charge in [-0.25, -0.2) is 13.1 Å². The Morgan fingerprint density at radius 1 is 1.10 bits per heavy atom. The molecule has 40 heavy (non-hydrogen) atoms. The summed E-state index contributed by atoms with van der Waals surface area (Å²) in [7, 11) is -3.78. The topological polar surface area (TPSA) is 104 Å². The molecule has 3 aromatic rings. The van der Waals surface area contributed by atoms with Crippen molar-refractivity contribution in [3.8, 4) is 0 Å². The van der Waals surface area contributed by atoms with E-state index < -0.39 is 33.5 Å². The number of hydrogen-bond acceptors (Lipinski definition) is 5. The van der Waals surface area contributed by atoms with Crippen molar-refractivity contribution in [2.75, 3.05) is 6.54 Å². The molecule has 11 heteroatoms. The number of carboxylic acid groups (broad SMARTS) is 1. The number of aliphatic carboxylic acids is 1. The molecule has 5 rings (SSSR count). The Morgan fingerprint density at radius 3 is 2.42 bits per heavy atom. The third-order valence-corrected chi connectivity index (χ3v) is 11.2. The van der Waals surface area contributed by atoms with Crippen LogP contribution in [0.3, 0.4) is 0 Å². The second-order valence-electron chi connectivity index (χ2n) is 10.9. The number of sulfonamides is 1. The molecular formula is C29H30Cl2N2O5S2. The smallest absolute Gasteiger partial charge is 0.304 e. The molecule has 1 aliphatic heterocycles. The number of carbonyl (C=O) groups is 2. The minimum atomic E-state index is -3.78. The van der Waals surface area contributed by atoms with Gasteiger partial charge in [-0.2, -0.15) is 0 Å². The molecule has 1 aliphatic carbocycles. The number of piperidine rings is 1. The predicted molar refractivity (Wildman–Crippen MR) is 156 cm³/mol. The van der Waals surface area contributed by atoms with Gasteiger partial charge in [0.1, 0.15) is 4.21 Å². The fourth-order valence-electron chi connectivity index (χ4n) is 5.90. The summed E-state index contributed by atoms with van der Waals surface area (Å²) in [6, 6.07) is 17.0. The van der Waals surface area contributed by atoms with Crippen molar-refractivity contribution in [3.63, 3.8) is 0 Å². The normalized spacial score (nSPS) is 24.2. The zero-order valence-corrected chi connectivity index (χ0v) is 24.9. The van der Waals surface area contributed by atoms with Crippen molar-refractivity contribution in [1.29, 1.82) is 0 Å². The molecule has 0 spiro atoms. The molecule has 1 aromatic heterocycles. The number of nitrogens with one attached hydrogen (secondary N) is 1. The van der Waals surface area contributed by atoms with Crippen molar-refractivity contribution in [1.82, 2.24) is 9.62 Å². The van der Waals surface area contributed by atoms with Crippen LogP contribution in [-0.4, -0.2) is 42.9 Å². The van der Waals surface area contributed by atoms with Gasteiger partial charge in [-0.05, 0) is 72.0 Å². The number of carbonyl (C=O) groups excluding carboxylic acids is 1. The van der Waals surface area contributed by atoms with Crippen LogP contribution in [0.15, 0.2) is 70.3 Å². The number of likely N-dealkylation sites (tertiary alicyclic amines) is 1. The second kappa shape index (κ2) is 11.4. The summed E-state index contributed by atoms with van der Waals surface area (Å²) in [5.74, 6) is -1.57. The fourth-order valence-corrected chi connectivity index (χ4v) is 8.31. The van der Waals surface area contributed by atoms with Gasteiger partial charge in [0.15, 0.2) is 0 Å². The number of thiophene rings is 1. The van der Waals surface area contributed by atoms with E-state index in [-0.39, 0.29) is 34.9 Å². The van der Waals surface area contributed by atoms with Gasteiger partial charge in [0.05, 0.1) is 17.9 Å². The zero-order valence-electron chi connectivity index (χ0n) is 21.8. The van der Waals surface area contributed by atoms with Gasteiger partial charge >= 0.3 is 5.97 Å². The highest BCUT2D eigenvalue weighted by Crippen LogP contribution is 2.54. The van der Waals surface area contributed by atoms with Crippen molar-refractivity contribution >= 4 is 56.4 Å². The third kappa shape index (κ3) is 6.09. The van der Waals surface area contributed by atoms with Gasteiger partial charge in [0, 0.05) is 28.5 Å². The molecule has 2 aromatic carbocycles. The fraction of sp³-hybridized carbons (Fsp3) is 0.379. The number of hydrogen-bond donors (Lipinski definition) is 2. The highest BCUT2D eigenvalue weighted by Gasteiger charge is 2.54. The highest BCUT2D eigenvalue weighted by molar-refractivity contribution is 7.91. The summed E-state index contributed by atoms with van der Waals surface area (Å²) < 4.78 is 29.1. The third-order valence-electron chi connectivity index (χ3n) is 7.90. The summed E-state index contributed by atoms with van der Waals surface area (Å²) >= 11 is 13.8. The number of benzene rings is 2. The summed E-state index contributed by atoms with van der Waals surface area (Å²) in [5, 5.41) is 12.6. The minimum absolute atomic E-state index is 0.0200. The van der Waals surface area contributed by atoms with Gasteiger partial charge in [-0.15, -0.1) is 11.3 Å². The predicted octanol–water partition coefficient (Wildman–Crippen LogP) is 6.35. The van der Waals surface area contributed by atoms with Crippen LogP contribution in [0.5, 0.6) is 0 Å². The molecule has 1 saturated carbocycles. The Labute approximate surface area is 248 Å². The molecule has 1 saturated heterocycles. The second-order valence-corrected chi connectivity index (χ2v) is 14.7. The molecule has 2 aliphatic rings. The van der Waals surface area contributed by atoms with Crippen molar-refractivity contribution in [2.24, 2.45) is 11.3 Å². The SMILES string of the molecule is C[C@]1(CC(=O)O)C[C@H](c2cccc(Cl)c2)[C@@H](c2ccc(Cl)cc2)N([C@H](CNS(=O)(=O)c2cccs2)C2CC2)C1=O.